The number of carboxylic acid groups (broad SMARTS) is 1. The number of hydrogen-bond donors (Lipinski definition) is 3. The number of fused-ring (bicyclic) bond motifs is 1. The maximum absolute atomic E-state index is 13.6. The van der Waals surface area contributed by atoms with Crippen LogP contribution in [-0.2, 0) is 24.3 Å². The van der Waals surface area contributed by atoms with Gasteiger partial charge in [-0.3, -0.25) is 15.0 Å². The molecule has 4 aromatic carbocycles. The Hall–Kier alpha value is -5.15. The summed E-state index contributed by atoms with van der Waals surface area (Å²) in [4.78, 5) is 33.6. The second kappa shape index (κ2) is 12.2. The number of hydrogen-bond acceptors (Lipinski definition) is 6. The Morgan fingerprint density at radius 3 is 2.40 bits per heavy atom. The van der Waals surface area contributed by atoms with Gasteiger partial charge in [-0.25, -0.2) is 9.86 Å². The number of carbonyl (C=O) groups is 2. The van der Waals surface area contributed by atoms with Crippen LogP contribution in [0.1, 0.15) is 43.0 Å². The summed E-state index contributed by atoms with van der Waals surface area (Å²) in [7, 11) is 2.93. The van der Waals surface area contributed by atoms with E-state index in [1.165, 1.54) is 25.3 Å². The predicted molar refractivity (Wildman–Crippen MR) is 161 cm³/mol. The molecule has 0 fully saturated rings. The van der Waals surface area contributed by atoms with Gasteiger partial charge >= 0.3 is 5.97 Å². The molecule has 42 heavy (non-hydrogen) atoms. The van der Waals surface area contributed by atoms with Crippen LogP contribution in [0.15, 0.2) is 84.9 Å². The van der Waals surface area contributed by atoms with Crippen molar-refractivity contribution < 1.29 is 24.3 Å². The van der Waals surface area contributed by atoms with Gasteiger partial charge < -0.3 is 20.5 Å². The second-order valence-electron chi connectivity index (χ2n) is 10.0. The van der Waals surface area contributed by atoms with Crippen LogP contribution in [0.2, 0.25) is 0 Å². The van der Waals surface area contributed by atoms with E-state index in [0.29, 0.717) is 34.5 Å². The van der Waals surface area contributed by atoms with Crippen molar-refractivity contribution in [1.29, 1.82) is 5.41 Å². The molecule has 0 radical (unpaired) electrons. The zero-order valence-corrected chi connectivity index (χ0v) is 23.5. The van der Waals surface area contributed by atoms with Crippen molar-refractivity contribution in [2.45, 2.75) is 19.5 Å². The number of amides is 1. The number of aromatic carboxylic acids is 1. The molecule has 1 aliphatic heterocycles. The molecule has 0 unspecified atom stereocenters. The summed E-state index contributed by atoms with van der Waals surface area (Å²) < 4.78 is 5.29. The number of nitrogen functional groups attached to an aromatic ring is 1. The van der Waals surface area contributed by atoms with Crippen LogP contribution in [0, 0.1) is 5.41 Å². The highest BCUT2D eigenvalue weighted by atomic mass is 16.7. The van der Waals surface area contributed by atoms with Crippen molar-refractivity contribution in [3.05, 3.63) is 118 Å². The summed E-state index contributed by atoms with van der Waals surface area (Å²) in [5.41, 5.74) is 11.8. The van der Waals surface area contributed by atoms with Gasteiger partial charge in [-0.05, 0) is 82.8 Å². The summed E-state index contributed by atoms with van der Waals surface area (Å²) in [6.45, 7) is 1.49. The third kappa shape index (κ3) is 5.82. The first-order valence-electron chi connectivity index (χ1n) is 13.5. The number of anilines is 1. The number of carbonyl (C=O) groups excluding carboxylic acids is 1. The summed E-state index contributed by atoms with van der Waals surface area (Å²) in [5.74, 6) is -0.995. The number of nitrogens with two attached hydrogens (primary N) is 1. The Bertz CT molecular complexity index is 1650. The first-order chi connectivity index (χ1) is 20.3. The van der Waals surface area contributed by atoms with Crippen LogP contribution in [0.25, 0.3) is 11.1 Å². The highest BCUT2D eigenvalue weighted by molar-refractivity contribution is 6.00. The molecule has 0 aromatic heterocycles. The Morgan fingerprint density at radius 2 is 1.71 bits per heavy atom. The molecular weight excluding hydrogens is 532 g/mol. The fourth-order valence-corrected chi connectivity index (χ4v) is 5.28. The smallest absolute Gasteiger partial charge is 0.336 e. The molecule has 214 valence electrons. The van der Waals surface area contributed by atoms with Crippen LogP contribution in [0.5, 0.6) is 5.75 Å². The molecule has 9 heteroatoms. The summed E-state index contributed by atoms with van der Waals surface area (Å²) in [5, 5.41) is 19.1. The molecule has 0 saturated carbocycles. The molecule has 0 spiro atoms. The highest BCUT2D eigenvalue weighted by Crippen LogP contribution is 2.35. The number of methoxy groups -OCH3 is 1. The first-order valence-corrected chi connectivity index (χ1v) is 13.5. The third-order valence-corrected chi connectivity index (χ3v) is 7.46. The average molecular weight is 565 g/mol. The maximum atomic E-state index is 13.6. The van der Waals surface area contributed by atoms with Crippen molar-refractivity contribution in [2.24, 2.45) is 5.73 Å². The minimum Gasteiger partial charge on any atom is -0.497 e. The van der Waals surface area contributed by atoms with Crippen LogP contribution in [-0.4, -0.2) is 48.6 Å². The van der Waals surface area contributed by atoms with E-state index in [0.717, 1.165) is 35.3 Å². The molecule has 4 N–H and O–H groups in total. The number of benzene rings is 4. The fourth-order valence-electron chi connectivity index (χ4n) is 5.28. The van der Waals surface area contributed by atoms with Gasteiger partial charge in [0, 0.05) is 29.9 Å². The molecule has 4 aromatic rings. The van der Waals surface area contributed by atoms with E-state index >= 15 is 0 Å². The molecular formula is C33H32N4O5. The van der Waals surface area contributed by atoms with E-state index in [1.807, 2.05) is 54.6 Å². The van der Waals surface area contributed by atoms with Gasteiger partial charge in [-0.15, -0.1) is 0 Å². The lowest BCUT2D eigenvalue weighted by Crippen LogP contribution is -2.29. The molecule has 1 aliphatic rings. The van der Waals surface area contributed by atoms with E-state index in [1.54, 1.807) is 24.3 Å². The maximum Gasteiger partial charge on any atom is 0.336 e. The summed E-state index contributed by atoms with van der Waals surface area (Å²) >= 11 is 0. The van der Waals surface area contributed by atoms with Gasteiger partial charge in [0.1, 0.15) is 11.6 Å². The third-order valence-electron chi connectivity index (χ3n) is 7.46. The van der Waals surface area contributed by atoms with Crippen LogP contribution >= 0.6 is 0 Å². The van der Waals surface area contributed by atoms with Gasteiger partial charge in [-0.1, -0.05) is 36.4 Å². The number of hydroxylamine groups is 2. The fraction of sp³-hybridized carbons (Fsp3) is 0.182. The zero-order chi connectivity index (χ0) is 29.8. The van der Waals surface area contributed by atoms with E-state index in [2.05, 4.69) is 4.90 Å². The van der Waals surface area contributed by atoms with E-state index in [4.69, 9.17) is 20.7 Å². The van der Waals surface area contributed by atoms with E-state index in [9.17, 15) is 14.7 Å². The molecule has 0 saturated heterocycles. The monoisotopic (exact) mass is 564 g/mol. The predicted octanol–water partition coefficient (Wildman–Crippen LogP) is 5.11. The van der Waals surface area contributed by atoms with E-state index < -0.39 is 5.97 Å². The number of ether oxygens (including phenoxy) is 1. The molecule has 1 amide bonds. The lowest BCUT2D eigenvalue weighted by Gasteiger charge is -2.24. The SMILES string of the molecule is COc1ccc(-c2cc(C(=O)N(Cc3ccccc3)OC)ccc2CN2CCc3cc(C(=N)N)ccc32)c(C(=O)O)c1. The van der Waals surface area contributed by atoms with Gasteiger partial charge in [0.2, 0.25) is 0 Å². The zero-order valence-electron chi connectivity index (χ0n) is 23.5. The van der Waals surface area contributed by atoms with Crippen LogP contribution in [0.3, 0.4) is 0 Å². The van der Waals surface area contributed by atoms with Gasteiger partial charge in [0.15, 0.2) is 0 Å². The van der Waals surface area contributed by atoms with Crippen LogP contribution < -0.4 is 15.4 Å². The quantitative estimate of drug-likeness (QED) is 0.139. The number of amidine groups is 1. The Morgan fingerprint density at radius 1 is 0.952 bits per heavy atom. The molecule has 0 aliphatic carbocycles. The summed E-state index contributed by atoms with van der Waals surface area (Å²) in [6.07, 6.45) is 0.799. The molecule has 5 rings (SSSR count). The number of nitrogens with one attached hydrogen (secondary N) is 1. The molecule has 9 nitrogen and oxygen atoms in total. The van der Waals surface area contributed by atoms with Gasteiger partial charge in [0.25, 0.3) is 5.91 Å². The molecule has 1 heterocycles. The van der Waals surface area contributed by atoms with E-state index in [-0.39, 0.29) is 23.9 Å². The van der Waals surface area contributed by atoms with Crippen molar-refractivity contribution in [1.82, 2.24) is 5.06 Å². The topological polar surface area (TPSA) is 129 Å². The average Bonchev–Trinajstić information content (AvgIpc) is 3.41. The minimum absolute atomic E-state index is 0.0249. The molecule has 0 atom stereocenters. The lowest BCUT2D eigenvalue weighted by atomic mass is 9.92. The number of carboxylic acids is 1. The number of nitrogens with zero attached hydrogens (tertiary/aromatic N) is 2. The minimum atomic E-state index is -1.10. The Labute approximate surface area is 244 Å². The highest BCUT2D eigenvalue weighted by Gasteiger charge is 2.25. The normalized spacial score (nSPS) is 12.1. The lowest BCUT2D eigenvalue weighted by molar-refractivity contribution is -0.102. The standard InChI is InChI=1S/C33H32N4O5/c1-41-26-11-12-27(29(18-26)33(39)40)28-17-24(32(38)37(42-2)19-21-6-4-3-5-7-21)8-9-25(28)20-36-15-14-22-16-23(31(34)35)10-13-30(22)36/h3-13,16-18H,14-15,19-20H2,1-2H3,(H3,34,35)(H,39,40). The van der Waals surface area contributed by atoms with Crippen molar-refractivity contribution in [3.8, 4) is 16.9 Å². The second-order valence-corrected chi connectivity index (χ2v) is 10.0. The van der Waals surface area contributed by atoms with Gasteiger partial charge in [0.05, 0.1) is 26.3 Å². The van der Waals surface area contributed by atoms with Crippen LogP contribution in [0.4, 0.5) is 5.69 Å². The molecule has 0 bridgehead atoms. The van der Waals surface area contributed by atoms with Crippen molar-refractivity contribution in [2.75, 3.05) is 25.7 Å². The largest absolute Gasteiger partial charge is 0.497 e. The number of rotatable bonds is 10. The Balaban J connectivity index is 1.56. The van der Waals surface area contributed by atoms with Crippen molar-refractivity contribution >= 4 is 23.4 Å². The first kappa shape index (κ1) is 28.4. The van der Waals surface area contributed by atoms with Gasteiger partial charge in [-0.2, -0.15) is 0 Å². The van der Waals surface area contributed by atoms with Crippen molar-refractivity contribution in [3.63, 3.8) is 0 Å². The summed E-state index contributed by atoms with van der Waals surface area (Å²) in [6, 6.07) is 25.5. The Kier molecular flexibility index (Phi) is 8.21.